The zero-order valence-corrected chi connectivity index (χ0v) is 10.8. The maximum atomic E-state index is 12.5. The largest absolute Gasteiger partial charge is 0.360 e. The summed E-state index contributed by atoms with van der Waals surface area (Å²) in [5.74, 6) is -0.0588. The van der Waals surface area contributed by atoms with Gasteiger partial charge in [0, 0.05) is 30.3 Å². The lowest BCUT2D eigenvalue weighted by Crippen LogP contribution is -2.25. The molecule has 0 spiro atoms. The van der Waals surface area contributed by atoms with E-state index in [0.717, 1.165) is 22.2 Å². The standard InChI is InChI=1S/C14H14N4O/c1-9-3-4-11-12(8-15-13(11)5-9)14(19)18(2)10-6-16-17-7-10/h3-8,15H,1-2H3,(H,16,17). The van der Waals surface area contributed by atoms with Gasteiger partial charge in [-0.15, -0.1) is 0 Å². The van der Waals surface area contributed by atoms with Crippen LogP contribution in [0.4, 0.5) is 5.69 Å². The Hall–Kier alpha value is -2.56. The Bertz CT molecular complexity index is 727. The predicted molar refractivity (Wildman–Crippen MR) is 74.4 cm³/mol. The molecule has 3 rings (SSSR count). The molecule has 0 aliphatic carbocycles. The number of aryl methyl sites for hydroxylation is 1. The molecule has 3 aromatic rings. The van der Waals surface area contributed by atoms with E-state index >= 15 is 0 Å². The molecule has 0 fully saturated rings. The number of hydrogen-bond donors (Lipinski definition) is 2. The van der Waals surface area contributed by atoms with Crippen LogP contribution in [0, 0.1) is 6.92 Å². The van der Waals surface area contributed by atoms with E-state index in [1.165, 1.54) is 0 Å². The zero-order valence-electron chi connectivity index (χ0n) is 10.8. The SMILES string of the molecule is Cc1ccc2c(C(=O)N(C)c3cn[nH]c3)c[nH]c2c1. The number of rotatable bonds is 2. The molecule has 0 bridgehead atoms. The van der Waals surface area contributed by atoms with Gasteiger partial charge >= 0.3 is 0 Å². The lowest BCUT2D eigenvalue weighted by atomic mass is 10.1. The van der Waals surface area contributed by atoms with Gasteiger partial charge in [0.25, 0.3) is 5.91 Å². The van der Waals surface area contributed by atoms with Crippen LogP contribution in [0.25, 0.3) is 10.9 Å². The topological polar surface area (TPSA) is 64.8 Å². The average molecular weight is 254 g/mol. The van der Waals surface area contributed by atoms with E-state index in [9.17, 15) is 4.79 Å². The summed E-state index contributed by atoms with van der Waals surface area (Å²) in [5, 5.41) is 7.49. The van der Waals surface area contributed by atoms with Crippen LogP contribution >= 0.6 is 0 Å². The first-order valence-corrected chi connectivity index (χ1v) is 6.01. The van der Waals surface area contributed by atoms with Crippen molar-refractivity contribution < 1.29 is 4.79 Å². The number of aromatic nitrogens is 3. The van der Waals surface area contributed by atoms with Crippen molar-refractivity contribution in [3.8, 4) is 0 Å². The highest BCUT2D eigenvalue weighted by atomic mass is 16.2. The number of hydrogen-bond acceptors (Lipinski definition) is 2. The van der Waals surface area contributed by atoms with Crippen LogP contribution < -0.4 is 4.90 Å². The van der Waals surface area contributed by atoms with Crippen LogP contribution in [0.15, 0.2) is 36.8 Å². The maximum Gasteiger partial charge on any atom is 0.260 e. The summed E-state index contributed by atoms with van der Waals surface area (Å²) in [6, 6.07) is 6.01. The van der Waals surface area contributed by atoms with Gasteiger partial charge in [0.1, 0.15) is 0 Å². The third-order valence-electron chi connectivity index (χ3n) is 3.24. The first kappa shape index (κ1) is 11.5. The van der Waals surface area contributed by atoms with Crippen molar-refractivity contribution in [3.63, 3.8) is 0 Å². The Morgan fingerprint density at radius 2 is 2.16 bits per heavy atom. The van der Waals surface area contributed by atoms with Crippen LogP contribution in [0.2, 0.25) is 0 Å². The Kier molecular flexibility index (Phi) is 2.59. The fraction of sp³-hybridized carbons (Fsp3) is 0.143. The number of H-pyrrole nitrogens is 2. The summed E-state index contributed by atoms with van der Waals surface area (Å²) in [6.07, 6.45) is 5.07. The summed E-state index contributed by atoms with van der Waals surface area (Å²) in [7, 11) is 1.74. The predicted octanol–water partition coefficient (Wildman–Crippen LogP) is 2.48. The molecule has 0 saturated heterocycles. The van der Waals surface area contributed by atoms with Gasteiger partial charge in [-0.25, -0.2) is 0 Å². The molecule has 0 aliphatic heterocycles. The van der Waals surface area contributed by atoms with Crippen molar-refractivity contribution in [2.24, 2.45) is 0 Å². The molecule has 2 heterocycles. The summed E-state index contributed by atoms with van der Waals surface area (Å²) >= 11 is 0. The second kappa shape index (κ2) is 4.28. The number of carbonyl (C=O) groups is 1. The smallest absolute Gasteiger partial charge is 0.260 e. The van der Waals surface area contributed by atoms with E-state index in [-0.39, 0.29) is 5.91 Å². The number of aromatic amines is 2. The molecular weight excluding hydrogens is 240 g/mol. The van der Waals surface area contributed by atoms with Gasteiger partial charge in [-0.3, -0.25) is 9.89 Å². The first-order chi connectivity index (χ1) is 9.16. The second-order valence-electron chi connectivity index (χ2n) is 4.57. The number of anilines is 1. The van der Waals surface area contributed by atoms with Crippen LogP contribution in [-0.2, 0) is 0 Å². The number of carbonyl (C=O) groups excluding carboxylic acids is 1. The average Bonchev–Trinajstić information content (AvgIpc) is 3.05. The fourth-order valence-electron chi connectivity index (χ4n) is 2.14. The number of amides is 1. The van der Waals surface area contributed by atoms with E-state index in [2.05, 4.69) is 15.2 Å². The Morgan fingerprint density at radius 3 is 2.89 bits per heavy atom. The van der Waals surface area contributed by atoms with Gasteiger partial charge < -0.3 is 9.88 Å². The first-order valence-electron chi connectivity index (χ1n) is 6.01. The van der Waals surface area contributed by atoms with Gasteiger partial charge in [-0.1, -0.05) is 12.1 Å². The molecule has 0 radical (unpaired) electrons. The lowest BCUT2D eigenvalue weighted by Gasteiger charge is -2.14. The minimum atomic E-state index is -0.0588. The van der Waals surface area contributed by atoms with Gasteiger partial charge in [0.05, 0.1) is 17.4 Å². The summed E-state index contributed by atoms with van der Waals surface area (Å²) in [4.78, 5) is 17.2. The Labute approximate surface area is 110 Å². The highest BCUT2D eigenvalue weighted by molar-refractivity contribution is 6.13. The van der Waals surface area contributed by atoms with E-state index in [1.807, 2.05) is 25.1 Å². The third kappa shape index (κ3) is 1.89. The molecule has 0 aliphatic rings. The Morgan fingerprint density at radius 1 is 1.32 bits per heavy atom. The van der Waals surface area contributed by atoms with Gasteiger partial charge in [-0.05, 0) is 18.6 Å². The molecule has 5 nitrogen and oxygen atoms in total. The van der Waals surface area contributed by atoms with E-state index in [0.29, 0.717) is 5.56 Å². The minimum absolute atomic E-state index is 0.0588. The van der Waals surface area contributed by atoms with E-state index < -0.39 is 0 Å². The lowest BCUT2D eigenvalue weighted by molar-refractivity contribution is 0.0994. The van der Waals surface area contributed by atoms with Crippen LogP contribution in [0.1, 0.15) is 15.9 Å². The molecule has 0 saturated carbocycles. The van der Waals surface area contributed by atoms with Crippen molar-refractivity contribution in [1.82, 2.24) is 15.2 Å². The molecular formula is C14H14N4O. The molecule has 96 valence electrons. The van der Waals surface area contributed by atoms with Crippen molar-refractivity contribution in [2.75, 3.05) is 11.9 Å². The maximum absolute atomic E-state index is 12.5. The second-order valence-corrected chi connectivity index (χ2v) is 4.57. The molecule has 0 atom stereocenters. The Balaban J connectivity index is 2.02. The third-order valence-corrected chi connectivity index (χ3v) is 3.24. The zero-order chi connectivity index (χ0) is 13.4. The molecule has 1 amide bonds. The summed E-state index contributed by atoms with van der Waals surface area (Å²) in [6.45, 7) is 2.03. The highest BCUT2D eigenvalue weighted by Crippen LogP contribution is 2.22. The van der Waals surface area contributed by atoms with Crippen molar-refractivity contribution in [2.45, 2.75) is 6.92 Å². The monoisotopic (exact) mass is 254 g/mol. The van der Waals surface area contributed by atoms with Gasteiger partial charge in [0.2, 0.25) is 0 Å². The normalized spacial score (nSPS) is 10.8. The number of nitrogens with one attached hydrogen (secondary N) is 2. The van der Waals surface area contributed by atoms with Crippen molar-refractivity contribution >= 4 is 22.5 Å². The summed E-state index contributed by atoms with van der Waals surface area (Å²) in [5.41, 5.74) is 3.55. The van der Waals surface area contributed by atoms with Crippen LogP contribution in [-0.4, -0.2) is 28.1 Å². The number of benzene rings is 1. The fourth-order valence-corrected chi connectivity index (χ4v) is 2.14. The summed E-state index contributed by atoms with van der Waals surface area (Å²) < 4.78 is 0. The molecule has 2 N–H and O–H groups in total. The molecule has 19 heavy (non-hydrogen) atoms. The number of fused-ring (bicyclic) bond motifs is 1. The molecule has 5 heteroatoms. The van der Waals surface area contributed by atoms with Gasteiger partial charge in [-0.2, -0.15) is 5.10 Å². The molecule has 1 aromatic carbocycles. The highest BCUT2D eigenvalue weighted by Gasteiger charge is 2.17. The van der Waals surface area contributed by atoms with E-state index in [1.54, 1.807) is 30.5 Å². The van der Waals surface area contributed by atoms with Gasteiger partial charge in [0.15, 0.2) is 0 Å². The van der Waals surface area contributed by atoms with Crippen molar-refractivity contribution in [3.05, 3.63) is 47.9 Å². The minimum Gasteiger partial charge on any atom is -0.360 e. The van der Waals surface area contributed by atoms with E-state index in [4.69, 9.17) is 0 Å². The van der Waals surface area contributed by atoms with Crippen LogP contribution in [0.5, 0.6) is 0 Å². The quantitative estimate of drug-likeness (QED) is 0.737. The van der Waals surface area contributed by atoms with Crippen LogP contribution in [0.3, 0.4) is 0 Å². The number of nitrogens with zero attached hydrogens (tertiary/aromatic N) is 2. The molecule has 2 aromatic heterocycles. The molecule has 0 unspecified atom stereocenters. The van der Waals surface area contributed by atoms with Crippen molar-refractivity contribution in [1.29, 1.82) is 0 Å².